The molecule has 0 unspecified atom stereocenters. The van der Waals surface area contributed by atoms with E-state index in [1.54, 1.807) is 0 Å². The molecule has 0 aromatic carbocycles. The summed E-state index contributed by atoms with van der Waals surface area (Å²) < 4.78 is 0. The highest BCUT2D eigenvalue weighted by Gasteiger charge is 2.09. The Morgan fingerprint density at radius 3 is 2.88 bits per heavy atom. The SMILES string of the molecule is NC(=O)c1cc(N)cnc1NCCCCO. The van der Waals surface area contributed by atoms with Gasteiger partial charge in [-0.1, -0.05) is 0 Å². The normalized spacial score (nSPS) is 10.1. The van der Waals surface area contributed by atoms with Gasteiger partial charge in [0.25, 0.3) is 5.91 Å². The third kappa shape index (κ3) is 3.39. The molecule has 6 N–H and O–H groups in total. The maximum atomic E-state index is 11.1. The number of aromatic nitrogens is 1. The van der Waals surface area contributed by atoms with E-state index in [0.717, 1.165) is 6.42 Å². The number of nitrogens with zero attached hydrogens (tertiary/aromatic N) is 1. The van der Waals surface area contributed by atoms with Gasteiger partial charge in [0.1, 0.15) is 5.82 Å². The highest BCUT2D eigenvalue weighted by atomic mass is 16.2. The second-order valence-corrected chi connectivity index (χ2v) is 3.39. The molecule has 0 spiro atoms. The van der Waals surface area contributed by atoms with Crippen LogP contribution in [0.1, 0.15) is 23.2 Å². The molecule has 6 nitrogen and oxygen atoms in total. The predicted octanol–water partition coefficient (Wildman–Crippen LogP) is -0.0529. The molecule has 0 fully saturated rings. The van der Waals surface area contributed by atoms with Crippen LogP contribution < -0.4 is 16.8 Å². The molecule has 1 rings (SSSR count). The largest absolute Gasteiger partial charge is 0.397 e. The quantitative estimate of drug-likeness (QED) is 0.506. The second kappa shape index (κ2) is 5.92. The lowest BCUT2D eigenvalue weighted by Crippen LogP contribution is -2.16. The van der Waals surface area contributed by atoms with E-state index in [2.05, 4.69) is 10.3 Å². The molecule has 16 heavy (non-hydrogen) atoms. The van der Waals surface area contributed by atoms with E-state index in [9.17, 15) is 4.79 Å². The third-order valence-corrected chi connectivity index (χ3v) is 2.05. The Bertz CT molecular complexity index is 368. The Kier molecular flexibility index (Phi) is 4.53. The summed E-state index contributed by atoms with van der Waals surface area (Å²) in [6.07, 6.45) is 2.95. The first-order chi connectivity index (χ1) is 7.65. The number of aliphatic hydroxyl groups excluding tert-OH is 1. The fourth-order valence-electron chi connectivity index (χ4n) is 1.25. The van der Waals surface area contributed by atoms with Gasteiger partial charge in [-0.05, 0) is 18.9 Å². The lowest BCUT2D eigenvalue weighted by Gasteiger charge is -2.08. The maximum absolute atomic E-state index is 11.1. The summed E-state index contributed by atoms with van der Waals surface area (Å²) in [5, 5.41) is 11.6. The van der Waals surface area contributed by atoms with E-state index >= 15 is 0 Å². The molecular weight excluding hydrogens is 208 g/mol. The van der Waals surface area contributed by atoms with E-state index in [-0.39, 0.29) is 12.2 Å². The van der Waals surface area contributed by atoms with Crippen LogP contribution in [-0.2, 0) is 0 Å². The van der Waals surface area contributed by atoms with Gasteiger partial charge in [0.15, 0.2) is 0 Å². The zero-order chi connectivity index (χ0) is 12.0. The third-order valence-electron chi connectivity index (χ3n) is 2.05. The molecule has 1 amide bonds. The molecule has 1 aromatic rings. The van der Waals surface area contributed by atoms with Crippen molar-refractivity contribution in [2.24, 2.45) is 5.73 Å². The van der Waals surface area contributed by atoms with Gasteiger partial charge in [-0.2, -0.15) is 0 Å². The molecule has 88 valence electrons. The number of carbonyl (C=O) groups is 1. The molecule has 0 aliphatic carbocycles. The van der Waals surface area contributed by atoms with Crippen LogP contribution >= 0.6 is 0 Å². The minimum atomic E-state index is -0.565. The lowest BCUT2D eigenvalue weighted by atomic mass is 10.2. The smallest absolute Gasteiger partial charge is 0.252 e. The number of carbonyl (C=O) groups excluding carboxylic acids is 1. The topological polar surface area (TPSA) is 114 Å². The van der Waals surface area contributed by atoms with E-state index in [0.29, 0.717) is 24.5 Å². The molecular formula is C10H16N4O2. The zero-order valence-electron chi connectivity index (χ0n) is 8.94. The summed E-state index contributed by atoms with van der Waals surface area (Å²) in [6, 6.07) is 1.49. The van der Waals surface area contributed by atoms with Crippen molar-refractivity contribution in [3.05, 3.63) is 17.8 Å². The molecule has 0 saturated carbocycles. The van der Waals surface area contributed by atoms with Crippen molar-refractivity contribution in [2.45, 2.75) is 12.8 Å². The van der Waals surface area contributed by atoms with Crippen LogP contribution in [0.2, 0.25) is 0 Å². The average molecular weight is 224 g/mol. The number of rotatable bonds is 6. The second-order valence-electron chi connectivity index (χ2n) is 3.39. The Hall–Kier alpha value is -1.82. The molecule has 1 heterocycles. The van der Waals surface area contributed by atoms with Crippen LogP contribution in [0, 0.1) is 0 Å². The highest BCUT2D eigenvalue weighted by molar-refractivity contribution is 5.98. The molecule has 0 atom stereocenters. The van der Waals surface area contributed by atoms with E-state index < -0.39 is 5.91 Å². The van der Waals surface area contributed by atoms with Gasteiger partial charge >= 0.3 is 0 Å². The number of anilines is 2. The van der Waals surface area contributed by atoms with Crippen molar-refractivity contribution in [1.82, 2.24) is 4.98 Å². The summed E-state index contributed by atoms with van der Waals surface area (Å²) in [6.45, 7) is 0.775. The summed E-state index contributed by atoms with van der Waals surface area (Å²) in [4.78, 5) is 15.1. The van der Waals surface area contributed by atoms with Crippen LogP contribution in [0.25, 0.3) is 0 Å². The number of pyridine rings is 1. The number of nitrogens with one attached hydrogen (secondary N) is 1. The molecule has 0 radical (unpaired) electrons. The number of hydrogen-bond acceptors (Lipinski definition) is 5. The highest BCUT2D eigenvalue weighted by Crippen LogP contribution is 2.14. The summed E-state index contributed by atoms with van der Waals surface area (Å²) in [5.41, 5.74) is 11.4. The first kappa shape index (κ1) is 12.3. The van der Waals surface area contributed by atoms with Crippen molar-refractivity contribution in [3.63, 3.8) is 0 Å². The Morgan fingerprint density at radius 2 is 2.25 bits per heavy atom. The average Bonchev–Trinajstić information content (AvgIpc) is 2.26. The van der Waals surface area contributed by atoms with Crippen LogP contribution in [0.15, 0.2) is 12.3 Å². The Morgan fingerprint density at radius 1 is 1.50 bits per heavy atom. The van der Waals surface area contributed by atoms with Crippen molar-refractivity contribution >= 4 is 17.4 Å². The number of nitrogens with two attached hydrogens (primary N) is 2. The Balaban J connectivity index is 2.67. The first-order valence-electron chi connectivity index (χ1n) is 5.05. The van der Waals surface area contributed by atoms with Crippen molar-refractivity contribution in [1.29, 1.82) is 0 Å². The van der Waals surface area contributed by atoms with Gasteiger partial charge in [-0.15, -0.1) is 0 Å². The number of primary amides is 1. The van der Waals surface area contributed by atoms with Gasteiger partial charge in [-0.25, -0.2) is 4.98 Å². The van der Waals surface area contributed by atoms with Crippen LogP contribution in [-0.4, -0.2) is 29.1 Å². The molecule has 1 aromatic heterocycles. The zero-order valence-corrected chi connectivity index (χ0v) is 8.94. The number of unbranched alkanes of at least 4 members (excludes halogenated alkanes) is 1. The van der Waals surface area contributed by atoms with Gasteiger partial charge in [0.05, 0.1) is 17.4 Å². The van der Waals surface area contributed by atoms with Crippen LogP contribution in [0.4, 0.5) is 11.5 Å². The molecule has 6 heteroatoms. The van der Waals surface area contributed by atoms with E-state index in [1.165, 1.54) is 12.3 Å². The summed E-state index contributed by atoms with van der Waals surface area (Å²) in [5.74, 6) is -0.135. The number of hydrogen-bond donors (Lipinski definition) is 4. The number of aliphatic hydroxyl groups is 1. The van der Waals surface area contributed by atoms with Crippen molar-refractivity contribution < 1.29 is 9.90 Å². The fourth-order valence-corrected chi connectivity index (χ4v) is 1.25. The summed E-state index contributed by atoms with van der Waals surface area (Å²) in [7, 11) is 0. The fraction of sp³-hybridized carbons (Fsp3) is 0.400. The molecule has 0 bridgehead atoms. The van der Waals surface area contributed by atoms with Crippen LogP contribution in [0.3, 0.4) is 0 Å². The van der Waals surface area contributed by atoms with E-state index in [1.807, 2.05) is 0 Å². The van der Waals surface area contributed by atoms with Crippen molar-refractivity contribution in [2.75, 3.05) is 24.2 Å². The molecule has 0 aliphatic heterocycles. The lowest BCUT2D eigenvalue weighted by molar-refractivity contribution is 0.100. The van der Waals surface area contributed by atoms with Gasteiger partial charge in [0.2, 0.25) is 0 Å². The van der Waals surface area contributed by atoms with Crippen molar-refractivity contribution in [3.8, 4) is 0 Å². The summed E-state index contributed by atoms with van der Waals surface area (Å²) >= 11 is 0. The van der Waals surface area contributed by atoms with Gasteiger partial charge in [0, 0.05) is 13.2 Å². The standard InChI is InChI=1S/C10H16N4O2/c11-7-5-8(9(12)16)10(14-6-7)13-3-1-2-4-15/h5-6,15H,1-4,11H2,(H2,12,16)(H,13,14). The molecule has 0 saturated heterocycles. The first-order valence-corrected chi connectivity index (χ1v) is 5.05. The molecule has 0 aliphatic rings. The maximum Gasteiger partial charge on any atom is 0.252 e. The minimum absolute atomic E-state index is 0.152. The minimum Gasteiger partial charge on any atom is -0.397 e. The number of amides is 1. The van der Waals surface area contributed by atoms with Gasteiger partial charge in [-0.3, -0.25) is 4.79 Å². The van der Waals surface area contributed by atoms with Gasteiger partial charge < -0.3 is 21.9 Å². The number of nitrogen functional groups attached to an aromatic ring is 1. The Labute approximate surface area is 93.7 Å². The predicted molar refractivity (Wildman–Crippen MR) is 62.0 cm³/mol. The van der Waals surface area contributed by atoms with Crippen LogP contribution in [0.5, 0.6) is 0 Å². The monoisotopic (exact) mass is 224 g/mol. The van der Waals surface area contributed by atoms with E-state index in [4.69, 9.17) is 16.6 Å².